The second kappa shape index (κ2) is 9.35. The third-order valence-electron chi connectivity index (χ3n) is 9.33. The van der Waals surface area contributed by atoms with Crippen LogP contribution in [0, 0.1) is 0 Å². The van der Waals surface area contributed by atoms with Gasteiger partial charge in [0.15, 0.2) is 0 Å². The van der Waals surface area contributed by atoms with Crippen molar-refractivity contribution in [2.75, 3.05) is 4.90 Å². The standard InChI is InChI=1S/C41H41NO/c1-39(2,3)26-23-31-37-35(19-14-20-36(37)43-38(31)34(24-26)40(4,5)6)42(27-15-10-9-11-16-27)28-21-22-33-30(25-28)29-17-12-13-18-32(29)41(33,7)8/h9-25H,1-8H3. The highest BCUT2D eigenvalue weighted by Crippen LogP contribution is 2.51. The lowest BCUT2D eigenvalue weighted by Gasteiger charge is -2.28. The van der Waals surface area contributed by atoms with Crippen molar-refractivity contribution < 1.29 is 4.42 Å². The first kappa shape index (κ1) is 27.5. The fourth-order valence-corrected chi connectivity index (χ4v) is 6.94. The van der Waals surface area contributed by atoms with Gasteiger partial charge in [0.2, 0.25) is 0 Å². The maximum Gasteiger partial charge on any atom is 0.139 e. The number of nitrogens with zero attached hydrogens (tertiary/aromatic N) is 1. The molecular weight excluding hydrogens is 522 g/mol. The van der Waals surface area contributed by atoms with Crippen LogP contribution in [0.25, 0.3) is 33.1 Å². The van der Waals surface area contributed by atoms with Crippen LogP contribution >= 0.6 is 0 Å². The Balaban J connectivity index is 1.54. The predicted molar refractivity (Wildman–Crippen MR) is 183 cm³/mol. The molecule has 0 atom stereocenters. The zero-order chi connectivity index (χ0) is 30.3. The van der Waals surface area contributed by atoms with Crippen LogP contribution in [0.3, 0.4) is 0 Å². The molecule has 1 aliphatic rings. The van der Waals surface area contributed by atoms with Gasteiger partial charge in [0, 0.05) is 27.7 Å². The Kier molecular flexibility index (Phi) is 5.98. The van der Waals surface area contributed by atoms with E-state index in [4.69, 9.17) is 4.42 Å². The van der Waals surface area contributed by atoms with E-state index in [2.05, 4.69) is 163 Å². The molecule has 2 nitrogen and oxygen atoms in total. The Bertz CT molecular complexity index is 2010. The lowest BCUT2D eigenvalue weighted by atomic mass is 9.79. The van der Waals surface area contributed by atoms with Gasteiger partial charge in [0.25, 0.3) is 0 Å². The Morgan fingerprint density at radius 2 is 1.30 bits per heavy atom. The fraction of sp³-hybridized carbons (Fsp3) is 0.268. The topological polar surface area (TPSA) is 16.4 Å². The van der Waals surface area contributed by atoms with E-state index in [0.717, 1.165) is 33.6 Å². The summed E-state index contributed by atoms with van der Waals surface area (Å²) in [4.78, 5) is 2.41. The molecule has 0 amide bonds. The molecule has 1 aromatic heterocycles. The smallest absolute Gasteiger partial charge is 0.139 e. The summed E-state index contributed by atoms with van der Waals surface area (Å²) in [5.74, 6) is 0. The normalized spacial score (nSPS) is 14.2. The van der Waals surface area contributed by atoms with Crippen molar-refractivity contribution >= 4 is 39.0 Å². The first-order valence-corrected chi connectivity index (χ1v) is 15.5. The number of furan rings is 1. The van der Waals surface area contributed by atoms with E-state index >= 15 is 0 Å². The van der Waals surface area contributed by atoms with Crippen molar-refractivity contribution in [2.45, 2.75) is 71.6 Å². The number of fused-ring (bicyclic) bond motifs is 6. The van der Waals surface area contributed by atoms with E-state index in [1.165, 1.54) is 38.8 Å². The highest BCUT2D eigenvalue weighted by molar-refractivity contribution is 6.14. The molecule has 0 saturated heterocycles. The van der Waals surface area contributed by atoms with Crippen LogP contribution in [-0.4, -0.2) is 0 Å². The molecule has 0 aliphatic heterocycles. The molecule has 0 unspecified atom stereocenters. The number of para-hydroxylation sites is 1. The van der Waals surface area contributed by atoms with Crippen LogP contribution in [0.1, 0.15) is 77.6 Å². The summed E-state index contributed by atoms with van der Waals surface area (Å²) in [7, 11) is 0. The monoisotopic (exact) mass is 563 g/mol. The second-order valence-corrected chi connectivity index (χ2v) is 14.7. The summed E-state index contributed by atoms with van der Waals surface area (Å²) in [5.41, 5.74) is 13.2. The van der Waals surface area contributed by atoms with Crippen LogP contribution in [0.15, 0.2) is 108 Å². The second-order valence-electron chi connectivity index (χ2n) is 14.7. The van der Waals surface area contributed by atoms with E-state index in [1.54, 1.807) is 0 Å². The summed E-state index contributed by atoms with van der Waals surface area (Å²) in [6.07, 6.45) is 0. The Morgan fingerprint density at radius 3 is 2.02 bits per heavy atom. The van der Waals surface area contributed by atoms with Crippen LogP contribution < -0.4 is 4.90 Å². The number of hydrogen-bond acceptors (Lipinski definition) is 2. The Labute approximate surface area is 256 Å². The van der Waals surface area contributed by atoms with Gasteiger partial charge in [-0.2, -0.15) is 0 Å². The minimum absolute atomic E-state index is 0.00597. The van der Waals surface area contributed by atoms with E-state index in [0.29, 0.717) is 0 Å². The minimum Gasteiger partial charge on any atom is -0.456 e. The van der Waals surface area contributed by atoms with Crippen LogP contribution in [0.5, 0.6) is 0 Å². The van der Waals surface area contributed by atoms with Crippen molar-refractivity contribution in [3.8, 4) is 11.1 Å². The maximum atomic E-state index is 6.76. The zero-order valence-corrected chi connectivity index (χ0v) is 26.7. The average molecular weight is 564 g/mol. The first-order valence-electron chi connectivity index (χ1n) is 15.5. The summed E-state index contributed by atoms with van der Waals surface area (Å²) >= 11 is 0. The highest BCUT2D eigenvalue weighted by atomic mass is 16.3. The molecule has 2 heteroatoms. The van der Waals surface area contributed by atoms with Gasteiger partial charge < -0.3 is 9.32 Å². The molecule has 0 spiro atoms. The molecule has 216 valence electrons. The van der Waals surface area contributed by atoms with Gasteiger partial charge in [-0.05, 0) is 81.1 Å². The number of anilines is 3. The van der Waals surface area contributed by atoms with Gasteiger partial charge in [0.1, 0.15) is 11.2 Å². The van der Waals surface area contributed by atoms with Crippen molar-refractivity contribution in [3.05, 3.63) is 125 Å². The molecule has 6 aromatic rings. The van der Waals surface area contributed by atoms with Crippen molar-refractivity contribution in [2.24, 2.45) is 0 Å². The van der Waals surface area contributed by atoms with Gasteiger partial charge in [-0.1, -0.05) is 116 Å². The molecule has 43 heavy (non-hydrogen) atoms. The van der Waals surface area contributed by atoms with Crippen molar-refractivity contribution in [3.63, 3.8) is 0 Å². The van der Waals surface area contributed by atoms with Crippen LogP contribution in [-0.2, 0) is 16.2 Å². The quantitative estimate of drug-likeness (QED) is 0.213. The van der Waals surface area contributed by atoms with Gasteiger partial charge in [0.05, 0.1) is 11.1 Å². The fourth-order valence-electron chi connectivity index (χ4n) is 6.94. The molecule has 1 heterocycles. The average Bonchev–Trinajstić information content (AvgIpc) is 3.45. The third kappa shape index (κ3) is 4.30. The molecule has 0 N–H and O–H groups in total. The van der Waals surface area contributed by atoms with Crippen molar-refractivity contribution in [1.82, 2.24) is 0 Å². The zero-order valence-electron chi connectivity index (χ0n) is 26.7. The number of rotatable bonds is 3. The van der Waals surface area contributed by atoms with Crippen LogP contribution in [0.4, 0.5) is 17.1 Å². The number of benzene rings is 5. The minimum atomic E-state index is -0.0627. The van der Waals surface area contributed by atoms with E-state index in [-0.39, 0.29) is 16.2 Å². The molecule has 1 aliphatic carbocycles. The molecule has 5 aromatic carbocycles. The van der Waals surface area contributed by atoms with E-state index in [1.807, 2.05) is 0 Å². The molecule has 0 radical (unpaired) electrons. The first-order chi connectivity index (χ1) is 20.4. The van der Waals surface area contributed by atoms with Crippen molar-refractivity contribution in [1.29, 1.82) is 0 Å². The summed E-state index contributed by atoms with van der Waals surface area (Å²) in [6, 6.07) is 37.8. The number of hydrogen-bond donors (Lipinski definition) is 0. The largest absolute Gasteiger partial charge is 0.456 e. The lowest BCUT2D eigenvalue weighted by molar-refractivity contribution is 0.559. The van der Waals surface area contributed by atoms with E-state index in [9.17, 15) is 0 Å². The summed E-state index contributed by atoms with van der Waals surface area (Å²) < 4.78 is 6.76. The Morgan fingerprint density at radius 1 is 0.605 bits per heavy atom. The predicted octanol–water partition coefficient (Wildman–Crippen LogP) is 12.0. The van der Waals surface area contributed by atoms with E-state index < -0.39 is 0 Å². The summed E-state index contributed by atoms with van der Waals surface area (Å²) in [6.45, 7) is 18.4. The van der Waals surface area contributed by atoms with Gasteiger partial charge in [-0.25, -0.2) is 0 Å². The maximum absolute atomic E-state index is 6.76. The summed E-state index contributed by atoms with van der Waals surface area (Å²) in [5, 5.41) is 2.33. The lowest BCUT2D eigenvalue weighted by Crippen LogP contribution is -2.16. The van der Waals surface area contributed by atoms with Gasteiger partial charge in [-0.3, -0.25) is 0 Å². The van der Waals surface area contributed by atoms with Crippen LogP contribution in [0.2, 0.25) is 0 Å². The van der Waals surface area contributed by atoms with Gasteiger partial charge >= 0.3 is 0 Å². The van der Waals surface area contributed by atoms with Gasteiger partial charge in [-0.15, -0.1) is 0 Å². The molecular formula is C41H41NO. The SMILES string of the molecule is CC(C)(C)c1cc(C(C)(C)C)c2oc3cccc(N(c4ccccc4)c4ccc5c(c4)-c4ccccc4C5(C)C)c3c2c1. The molecule has 0 fully saturated rings. The third-order valence-corrected chi connectivity index (χ3v) is 9.33. The Hall–Kier alpha value is -4.30. The highest BCUT2D eigenvalue weighted by Gasteiger charge is 2.36. The molecule has 7 rings (SSSR count). The molecule has 0 saturated carbocycles. The molecule has 0 bridgehead atoms.